The molecule has 2 aliphatic carbocycles. The molecule has 0 saturated heterocycles. The van der Waals surface area contributed by atoms with Crippen LogP contribution >= 0.6 is 0 Å². The van der Waals surface area contributed by atoms with Crippen molar-refractivity contribution < 1.29 is 57.6 Å². The first-order valence-electron chi connectivity index (χ1n) is 15.4. The van der Waals surface area contributed by atoms with Gasteiger partial charge in [0, 0.05) is 56.9 Å². The van der Waals surface area contributed by atoms with E-state index in [0.717, 1.165) is 33.8 Å². The van der Waals surface area contributed by atoms with Crippen LogP contribution in [0.15, 0.2) is 54.1 Å². The normalized spacial score (nSPS) is 32.6. The SMILES string of the molecule is CC(=O)O[C@@H]1[C@@H](OC(C)=O)C(C)(C)/C=C\[C@H](C)C(=O)[C@@]2(OC(C)=O)C[C@@H](C)[C@H](OC(=O)c3ccccc3)C2=C[C@](C)(O)[C@@H]1OC(C)=O. The summed E-state index contributed by atoms with van der Waals surface area (Å²) in [6.45, 7) is 12.3. The number of hydrogen-bond acceptors (Lipinski definition) is 12. The Balaban J connectivity index is 2.42. The largest absolute Gasteiger partial charge is 0.458 e. The molecule has 0 radical (unpaired) electrons. The first-order valence-corrected chi connectivity index (χ1v) is 15.4. The molecule has 0 unspecified atom stereocenters. The fourth-order valence-corrected chi connectivity index (χ4v) is 6.32. The number of carbonyl (C=O) groups is 6. The lowest BCUT2D eigenvalue weighted by Crippen LogP contribution is -2.59. The average molecular weight is 657 g/mol. The van der Waals surface area contributed by atoms with E-state index >= 15 is 0 Å². The molecular weight excluding hydrogens is 612 g/mol. The molecule has 1 saturated carbocycles. The predicted octanol–water partition coefficient (Wildman–Crippen LogP) is 3.83. The summed E-state index contributed by atoms with van der Waals surface area (Å²) in [6, 6.07) is 8.11. The summed E-state index contributed by atoms with van der Waals surface area (Å²) < 4.78 is 28.8. The third kappa shape index (κ3) is 8.34. The maximum atomic E-state index is 14.5. The van der Waals surface area contributed by atoms with Crippen LogP contribution < -0.4 is 0 Å². The molecule has 0 aliphatic heterocycles. The van der Waals surface area contributed by atoms with Crippen LogP contribution in [-0.2, 0) is 47.7 Å². The molecule has 12 heteroatoms. The van der Waals surface area contributed by atoms with Crippen LogP contribution in [0.3, 0.4) is 0 Å². The first kappa shape index (κ1) is 37.1. The molecule has 0 amide bonds. The van der Waals surface area contributed by atoms with Crippen molar-refractivity contribution in [2.45, 2.75) is 104 Å². The van der Waals surface area contributed by atoms with E-state index in [4.69, 9.17) is 23.7 Å². The monoisotopic (exact) mass is 656 g/mol. The maximum absolute atomic E-state index is 14.5. The molecule has 0 bridgehead atoms. The number of esters is 5. The van der Waals surface area contributed by atoms with Crippen LogP contribution in [0.25, 0.3) is 0 Å². The predicted molar refractivity (Wildman–Crippen MR) is 166 cm³/mol. The Hall–Kier alpha value is -4.32. The zero-order chi connectivity index (χ0) is 35.5. The Kier molecular flexibility index (Phi) is 11.2. The molecule has 3 rings (SSSR count). The zero-order valence-corrected chi connectivity index (χ0v) is 28.2. The standard InChI is InChI=1S/C35H44O12/c1-19-15-16-33(7,8)30(44-22(4)37)28(43-21(3)36)31(45-23(5)38)34(9,42)18-26-27(46-32(41)25-13-11-10-12-14-25)20(2)17-35(26,29(19)40)47-24(6)39/h10-16,18-20,27-28,30-31,42H,17H2,1-9H3/b16-15-,26-18?/t19-,20+,27-,28+,30+,31+,34-,35+/m0/s1. The lowest BCUT2D eigenvalue weighted by Gasteiger charge is -2.43. The van der Waals surface area contributed by atoms with Crippen LogP contribution in [0.1, 0.15) is 79.1 Å². The molecular formula is C35H44O12. The van der Waals surface area contributed by atoms with Gasteiger partial charge in [0.25, 0.3) is 0 Å². The molecule has 1 N–H and O–H groups in total. The third-order valence-corrected chi connectivity index (χ3v) is 8.33. The van der Waals surface area contributed by atoms with Gasteiger partial charge < -0.3 is 28.8 Å². The Labute approximate surface area is 274 Å². The first-order chi connectivity index (χ1) is 21.7. The van der Waals surface area contributed by atoms with Crippen LogP contribution in [-0.4, -0.2) is 76.4 Å². The second-order valence-electron chi connectivity index (χ2n) is 13.1. The minimum Gasteiger partial charge on any atom is -0.458 e. The summed E-state index contributed by atoms with van der Waals surface area (Å²) in [6.07, 6.45) is -1.73. The lowest BCUT2D eigenvalue weighted by molar-refractivity contribution is -0.207. The molecule has 8 atom stereocenters. The highest BCUT2D eigenvalue weighted by Crippen LogP contribution is 2.48. The summed E-state index contributed by atoms with van der Waals surface area (Å²) in [5.74, 6) is -6.12. The van der Waals surface area contributed by atoms with Crippen molar-refractivity contribution in [1.29, 1.82) is 0 Å². The highest BCUT2D eigenvalue weighted by molar-refractivity contribution is 5.97. The Bertz CT molecular complexity index is 1460. The van der Waals surface area contributed by atoms with Gasteiger partial charge in [-0.05, 0) is 25.1 Å². The fourth-order valence-electron chi connectivity index (χ4n) is 6.32. The number of hydrogen-bond donors (Lipinski definition) is 1. The van der Waals surface area contributed by atoms with Crippen molar-refractivity contribution in [3.05, 3.63) is 59.7 Å². The average Bonchev–Trinajstić information content (AvgIpc) is 3.20. The van der Waals surface area contributed by atoms with Crippen molar-refractivity contribution in [3.63, 3.8) is 0 Å². The van der Waals surface area contributed by atoms with Gasteiger partial charge in [-0.25, -0.2) is 4.79 Å². The van der Waals surface area contributed by atoms with E-state index in [9.17, 15) is 33.9 Å². The highest BCUT2D eigenvalue weighted by Gasteiger charge is 2.60. The number of carbonyl (C=O) groups excluding carboxylic acids is 6. The van der Waals surface area contributed by atoms with Gasteiger partial charge in [0.05, 0.1) is 5.56 Å². The number of aliphatic hydroxyl groups is 1. The van der Waals surface area contributed by atoms with Gasteiger partial charge in [-0.1, -0.05) is 58.0 Å². The molecule has 12 nitrogen and oxygen atoms in total. The lowest BCUT2D eigenvalue weighted by atomic mass is 9.74. The van der Waals surface area contributed by atoms with Crippen LogP contribution in [0.5, 0.6) is 0 Å². The van der Waals surface area contributed by atoms with E-state index in [2.05, 4.69) is 0 Å². The molecule has 47 heavy (non-hydrogen) atoms. The number of allylic oxidation sites excluding steroid dienone is 1. The van der Waals surface area contributed by atoms with Gasteiger partial charge in [0.15, 0.2) is 29.7 Å². The summed E-state index contributed by atoms with van der Waals surface area (Å²) in [7, 11) is 0. The molecule has 256 valence electrons. The van der Waals surface area contributed by atoms with Crippen molar-refractivity contribution in [3.8, 4) is 0 Å². The van der Waals surface area contributed by atoms with E-state index in [1.54, 1.807) is 70.2 Å². The molecule has 2 aliphatic rings. The number of benzene rings is 1. The van der Waals surface area contributed by atoms with Crippen molar-refractivity contribution in [2.24, 2.45) is 17.3 Å². The van der Waals surface area contributed by atoms with Crippen molar-refractivity contribution in [1.82, 2.24) is 0 Å². The van der Waals surface area contributed by atoms with Crippen LogP contribution in [0.2, 0.25) is 0 Å². The smallest absolute Gasteiger partial charge is 0.338 e. The zero-order valence-electron chi connectivity index (χ0n) is 28.2. The van der Waals surface area contributed by atoms with Gasteiger partial charge in [-0.15, -0.1) is 0 Å². The molecule has 0 spiro atoms. The maximum Gasteiger partial charge on any atom is 0.338 e. The second kappa shape index (κ2) is 14.2. The third-order valence-electron chi connectivity index (χ3n) is 8.33. The Morgan fingerprint density at radius 3 is 1.87 bits per heavy atom. The molecule has 0 aromatic heterocycles. The van der Waals surface area contributed by atoms with Crippen molar-refractivity contribution in [2.75, 3.05) is 0 Å². The molecule has 1 aromatic rings. The summed E-state index contributed by atoms with van der Waals surface area (Å²) in [5, 5.41) is 12.3. The molecule has 1 aromatic carbocycles. The summed E-state index contributed by atoms with van der Waals surface area (Å²) in [4.78, 5) is 77.9. The minimum absolute atomic E-state index is 0.0673. The highest BCUT2D eigenvalue weighted by atomic mass is 16.6. The van der Waals surface area contributed by atoms with Gasteiger partial charge in [-0.2, -0.15) is 0 Å². The summed E-state index contributed by atoms with van der Waals surface area (Å²) >= 11 is 0. The van der Waals surface area contributed by atoms with Gasteiger partial charge in [0.1, 0.15) is 11.7 Å². The Morgan fingerprint density at radius 1 is 0.787 bits per heavy atom. The van der Waals surface area contributed by atoms with Crippen molar-refractivity contribution >= 4 is 35.6 Å². The van der Waals surface area contributed by atoms with E-state index in [-0.39, 0.29) is 17.6 Å². The van der Waals surface area contributed by atoms with E-state index in [1.807, 2.05) is 0 Å². The van der Waals surface area contributed by atoms with E-state index in [0.29, 0.717) is 0 Å². The molecule has 0 heterocycles. The number of Topliss-reactive ketones (excluding diaryl/α,β-unsaturated/α-hetero) is 1. The van der Waals surface area contributed by atoms with Crippen LogP contribution in [0, 0.1) is 17.3 Å². The number of ether oxygens (including phenoxy) is 5. The quantitative estimate of drug-likeness (QED) is 0.267. The van der Waals surface area contributed by atoms with Crippen LogP contribution in [0.4, 0.5) is 0 Å². The Morgan fingerprint density at radius 2 is 1.34 bits per heavy atom. The van der Waals surface area contributed by atoms with E-state index in [1.165, 1.54) is 6.92 Å². The minimum atomic E-state index is -2.32. The van der Waals surface area contributed by atoms with Gasteiger partial charge >= 0.3 is 29.8 Å². The number of fused-ring (bicyclic) bond motifs is 1. The topological polar surface area (TPSA) is 169 Å². The second-order valence-corrected chi connectivity index (χ2v) is 13.1. The summed E-state index contributed by atoms with van der Waals surface area (Å²) in [5.41, 5.74) is -5.38. The number of rotatable bonds is 6. The van der Waals surface area contributed by atoms with Gasteiger partial charge in [0.2, 0.25) is 0 Å². The fraction of sp³-hybridized carbons (Fsp3) is 0.543. The van der Waals surface area contributed by atoms with E-state index < -0.39 is 88.5 Å². The van der Waals surface area contributed by atoms with Gasteiger partial charge in [-0.3, -0.25) is 24.0 Å². The number of ketones is 1. The molecule has 1 fully saturated rings.